The fourth-order valence-corrected chi connectivity index (χ4v) is 8.27. The van der Waals surface area contributed by atoms with Crippen molar-refractivity contribution in [3.63, 3.8) is 0 Å². The van der Waals surface area contributed by atoms with Gasteiger partial charge in [-0.1, -0.05) is 53.9 Å². The van der Waals surface area contributed by atoms with Crippen molar-refractivity contribution >= 4 is 0 Å². The van der Waals surface area contributed by atoms with Crippen molar-refractivity contribution in [2.24, 2.45) is 46.3 Å². The number of hydrogen-bond donors (Lipinski definition) is 2. The van der Waals surface area contributed by atoms with Gasteiger partial charge in [0, 0.05) is 6.61 Å². The Hall–Kier alpha value is -0.0800. The molecular weight excluding hydrogens is 344 g/mol. The lowest BCUT2D eigenvalue weighted by Gasteiger charge is -2.58. The molecule has 0 bridgehead atoms. The van der Waals surface area contributed by atoms with Crippen molar-refractivity contribution in [3.05, 3.63) is 0 Å². The van der Waals surface area contributed by atoms with Crippen LogP contribution < -0.4 is 0 Å². The smallest absolute Gasteiger partial charge is 0.0596 e. The molecule has 2 N–H and O–H groups in total. The molecule has 0 spiro atoms. The van der Waals surface area contributed by atoms with Gasteiger partial charge in [-0.05, 0) is 97.7 Å². The van der Waals surface area contributed by atoms with Crippen molar-refractivity contribution in [1.82, 2.24) is 0 Å². The average Bonchev–Trinajstić information content (AvgIpc) is 3.00. The third-order valence-electron chi connectivity index (χ3n) is 9.89. The summed E-state index contributed by atoms with van der Waals surface area (Å²) in [7, 11) is 0. The fourth-order valence-electron chi connectivity index (χ4n) is 8.27. The minimum absolute atomic E-state index is 0.0218. The Kier molecular flexibility index (Phi) is 7.24. The van der Waals surface area contributed by atoms with Gasteiger partial charge in [-0.2, -0.15) is 0 Å². The van der Waals surface area contributed by atoms with E-state index in [-0.39, 0.29) is 18.1 Å². The molecule has 0 amide bonds. The first kappa shape index (κ1) is 22.6. The fraction of sp³-hybridized carbons (Fsp3) is 1.00. The largest absolute Gasteiger partial charge is 0.396 e. The summed E-state index contributed by atoms with van der Waals surface area (Å²) in [6.45, 7) is 12.5. The summed E-state index contributed by atoms with van der Waals surface area (Å²) >= 11 is 0. The Labute approximate surface area is 174 Å². The Bertz CT molecular complexity index is 503. The molecule has 0 heterocycles. The SMILES string of the molecule is CC(C)CCC[C@@H](C)[C@H]1CC[C@H]2[C@@H]3CCC(O)[C@](C)(CCCO)[C@H]3CC[C@]12C. The molecule has 0 aromatic rings. The first-order valence-corrected chi connectivity index (χ1v) is 12.5. The van der Waals surface area contributed by atoms with Crippen LogP contribution in [-0.4, -0.2) is 22.9 Å². The van der Waals surface area contributed by atoms with E-state index in [0.29, 0.717) is 11.3 Å². The molecule has 8 atom stereocenters. The van der Waals surface area contributed by atoms with Crippen molar-refractivity contribution in [2.75, 3.05) is 6.61 Å². The molecule has 0 aromatic heterocycles. The normalized spacial score (nSPS) is 44.4. The average molecular weight is 393 g/mol. The molecule has 28 heavy (non-hydrogen) atoms. The second kappa shape index (κ2) is 8.96. The van der Waals surface area contributed by atoms with Crippen molar-refractivity contribution < 1.29 is 10.2 Å². The highest BCUT2D eigenvalue weighted by atomic mass is 16.3. The molecule has 3 rings (SSSR count). The van der Waals surface area contributed by atoms with Crippen LogP contribution in [-0.2, 0) is 0 Å². The second-order valence-corrected chi connectivity index (χ2v) is 11.8. The van der Waals surface area contributed by atoms with Crippen LogP contribution in [0, 0.1) is 46.3 Å². The summed E-state index contributed by atoms with van der Waals surface area (Å²) in [4.78, 5) is 0. The van der Waals surface area contributed by atoms with Gasteiger partial charge in [0.2, 0.25) is 0 Å². The maximum atomic E-state index is 10.9. The van der Waals surface area contributed by atoms with E-state index >= 15 is 0 Å². The number of aliphatic hydroxyl groups excluding tert-OH is 2. The molecule has 3 saturated carbocycles. The third kappa shape index (κ3) is 4.07. The molecule has 3 fully saturated rings. The number of hydrogen-bond acceptors (Lipinski definition) is 2. The maximum Gasteiger partial charge on any atom is 0.0596 e. The highest BCUT2D eigenvalue weighted by Gasteiger charge is 2.59. The first-order valence-electron chi connectivity index (χ1n) is 12.5. The van der Waals surface area contributed by atoms with E-state index in [2.05, 4.69) is 34.6 Å². The molecule has 0 radical (unpaired) electrons. The van der Waals surface area contributed by atoms with Crippen LogP contribution in [0.1, 0.15) is 105 Å². The summed E-state index contributed by atoms with van der Waals surface area (Å²) in [5.41, 5.74) is 0.548. The summed E-state index contributed by atoms with van der Waals surface area (Å²) in [6, 6.07) is 0. The van der Waals surface area contributed by atoms with Crippen molar-refractivity contribution in [1.29, 1.82) is 0 Å². The standard InChI is InChI=1S/C26H48O2/c1-18(2)8-6-9-19(3)21-11-12-22-20-10-13-24(28)26(5,15-7-17-27)23(20)14-16-25(21,22)4/h18-24,27-28H,6-17H2,1-5H3/t19-,20+,21-,22+,23+,24?,25-,26-/m1/s1. The molecule has 164 valence electrons. The Balaban J connectivity index is 1.71. The van der Waals surface area contributed by atoms with Crippen LogP contribution in [0.25, 0.3) is 0 Å². The topological polar surface area (TPSA) is 40.5 Å². The van der Waals surface area contributed by atoms with Crippen LogP contribution in [0.3, 0.4) is 0 Å². The summed E-state index contributed by atoms with van der Waals surface area (Å²) in [5, 5.41) is 20.3. The molecule has 0 aliphatic heterocycles. The highest BCUT2D eigenvalue weighted by molar-refractivity contribution is 5.08. The zero-order chi connectivity index (χ0) is 20.5. The lowest BCUT2D eigenvalue weighted by atomic mass is 9.47. The monoisotopic (exact) mass is 392 g/mol. The van der Waals surface area contributed by atoms with Crippen LogP contribution in [0.15, 0.2) is 0 Å². The van der Waals surface area contributed by atoms with Crippen LogP contribution >= 0.6 is 0 Å². The van der Waals surface area contributed by atoms with Crippen LogP contribution in [0.5, 0.6) is 0 Å². The maximum absolute atomic E-state index is 10.9. The minimum Gasteiger partial charge on any atom is -0.396 e. The Morgan fingerprint density at radius 3 is 2.32 bits per heavy atom. The van der Waals surface area contributed by atoms with E-state index in [1.807, 2.05) is 0 Å². The van der Waals surface area contributed by atoms with Gasteiger partial charge in [-0.25, -0.2) is 0 Å². The molecule has 2 nitrogen and oxygen atoms in total. The molecule has 0 saturated heterocycles. The van der Waals surface area contributed by atoms with E-state index in [4.69, 9.17) is 0 Å². The Morgan fingerprint density at radius 2 is 1.64 bits per heavy atom. The second-order valence-electron chi connectivity index (χ2n) is 11.8. The molecular formula is C26H48O2. The van der Waals surface area contributed by atoms with Crippen LogP contribution in [0.4, 0.5) is 0 Å². The predicted octanol–water partition coefficient (Wildman–Crippen LogP) is 6.44. The van der Waals surface area contributed by atoms with Gasteiger partial charge >= 0.3 is 0 Å². The molecule has 0 aromatic carbocycles. The van der Waals surface area contributed by atoms with E-state index in [1.54, 1.807) is 0 Å². The van der Waals surface area contributed by atoms with Gasteiger partial charge in [0.25, 0.3) is 0 Å². The van der Waals surface area contributed by atoms with Crippen LogP contribution in [0.2, 0.25) is 0 Å². The predicted molar refractivity (Wildman–Crippen MR) is 118 cm³/mol. The van der Waals surface area contributed by atoms with Crippen molar-refractivity contribution in [2.45, 2.75) is 111 Å². The van der Waals surface area contributed by atoms with E-state index in [1.165, 1.54) is 51.4 Å². The number of rotatable bonds is 8. The van der Waals surface area contributed by atoms with Gasteiger partial charge in [0.1, 0.15) is 0 Å². The van der Waals surface area contributed by atoms with Crippen molar-refractivity contribution in [3.8, 4) is 0 Å². The molecule has 1 unspecified atom stereocenters. The first-order chi connectivity index (χ1) is 13.2. The molecule has 3 aliphatic rings. The van der Waals surface area contributed by atoms with Gasteiger partial charge in [0.05, 0.1) is 6.10 Å². The highest BCUT2D eigenvalue weighted by Crippen LogP contribution is 2.66. The van der Waals surface area contributed by atoms with E-state index < -0.39 is 0 Å². The lowest BCUT2D eigenvalue weighted by Crippen LogP contribution is -2.54. The number of aliphatic hydroxyl groups is 2. The van der Waals surface area contributed by atoms with E-state index in [9.17, 15) is 10.2 Å². The van der Waals surface area contributed by atoms with Gasteiger partial charge < -0.3 is 10.2 Å². The van der Waals surface area contributed by atoms with Gasteiger partial charge in [-0.3, -0.25) is 0 Å². The van der Waals surface area contributed by atoms with E-state index in [0.717, 1.165) is 48.9 Å². The lowest BCUT2D eigenvalue weighted by molar-refractivity contribution is -0.133. The summed E-state index contributed by atoms with van der Waals surface area (Å²) in [5.74, 6) is 4.93. The summed E-state index contributed by atoms with van der Waals surface area (Å²) < 4.78 is 0. The quantitative estimate of drug-likeness (QED) is 0.499. The van der Waals surface area contributed by atoms with Gasteiger partial charge in [-0.15, -0.1) is 0 Å². The minimum atomic E-state index is -0.170. The Morgan fingerprint density at radius 1 is 0.893 bits per heavy atom. The van der Waals surface area contributed by atoms with Gasteiger partial charge in [0.15, 0.2) is 0 Å². The zero-order valence-electron chi connectivity index (χ0n) is 19.4. The molecule has 2 heteroatoms. The molecule has 3 aliphatic carbocycles. The summed E-state index contributed by atoms with van der Waals surface area (Å²) in [6.07, 6.45) is 13.6. The zero-order valence-corrected chi connectivity index (χ0v) is 19.4. The third-order valence-corrected chi connectivity index (χ3v) is 9.89. The number of fused-ring (bicyclic) bond motifs is 3.